The molecule has 3 heterocycles. The Morgan fingerprint density at radius 3 is 2.63 bits per heavy atom. The first-order chi connectivity index (χ1) is 14.4. The Hall–Kier alpha value is -3.73. The molecule has 0 atom stereocenters. The minimum absolute atomic E-state index is 0.0399. The predicted octanol–water partition coefficient (Wildman–Crippen LogP) is 4.68. The van der Waals surface area contributed by atoms with Gasteiger partial charge < -0.3 is 9.72 Å². The van der Waals surface area contributed by atoms with E-state index in [1.54, 1.807) is 6.07 Å². The molecule has 0 saturated heterocycles. The van der Waals surface area contributed by atoms with Gasteiger partial charge in [-0.1, -0.05) is 26.0 Å². The SMILES string of the molecule is CC1(C)COc2ccc(-c3ccc4[nH]c5c(c4c3)C(=O)c3cnccc3C5=O)cc21. The van der Waals surface area contributed by atoms with Gasteiger partial charge in [0.15, 0.2) is 5.78 Å². The second kappa shape index (κ2) is 5.66. The molecule has 5 heteroatoms. The molecule has 1 N–H and O–H groups in total. The van der Waals surface area contributed by atoms with Crippen LogP contribution in [0.5, 0.6) is 5.75 Å². The molecule has 0 unspecified atom stereocenters. The zero-order valence-electron chi connectivity index (χ0n) is 16.6. The molecule has 0 amide bonds. The van der Waals surface area contributed by atoms with Crippen LogP contribution in [-0.2, 0) is 5.41 Å². The highest BCUT2D eigenvalue weighted by Crippen LogP contribution is 2.41. The average molecular weight is 394 g/mol. The highest BCUT2D eigenvalue weighted by molar-refractivity contribution is 6.32. The van der Waals surface area contributed by atoms with Crippen molar-refractivity contribution in [2.75, 3.05) is 6.61 Å². The van der Waals surface area contributed by atoms with Crippen molar-refractivity contribution in [1.29, 1.82) is 0 Å². The van der Waals surface area contributed by atoms with E-state index in [2.05, 4.69) is 29.9 Å². The van der Waals surface area contributed by atoms with Crippen LogP contribution in [0.1, 0.15) is 51.4 Å². The second-order valence-electron chi connectivity index (χ2n) is 8.60. The molecule has 6 rings (SSSR count). The highest BCUT2D eigenvalue weighted by atomic mass is 16.5. The first-order valence-electron chi connectivity index (χ1n) is 9.91. The Morgan fingerprint density at radius 1 is 0.967 bits per heavy atom. The number of H-pyrrole nitrogens is 1. The van der Waals surface area contributed by atoms with Crippen molar-refractivity contribution < 1.29 is 14.3 Å². The van der Waals surface area contributed by atoms with Gasteiger partial charge in [0.25, 0.3) is 0 Å². The molecule has 146 valence electrons. The topological polar surface area (TPSA) is 72.1 Å². The van der Waals surface area contributed by atoms with Crippen LogP contribution in [0, 0.1) is 0 Å². The molecule has 0 saturated carbocycles. The van der Waals surface area contributed by atoms with Crippen LogP contribution in [0.2, 0.25) is 0 Å². The van der Waals surface area contributed by atoms with Gasteiger partial charge in [-0.2, -0.15) is 0 Å². The Labute approximate surface area is 172 Å². The summed E-state index contributed by atoms with van der Waals surface area (Å²) in [4.78, 5) is 33.3. The van der Waals surface area contributed by atoms with Crippen LogP contribution in [-0.4, -0.2) is 28.1 Å². The molecule has 0 radical (unpaired) electrons. The lowest BCUT2D eigenvalue weighted by molar-refractivity contribution is 0.0977. The molecule has 5 nitrogen and oxygen atoms in total. The van der Waals surface area contributed by atoms with Crippen LogP contribution in [0.3, 0.4) is 0 Å². The minimum atomic E-state index is -0.170. The fourth-order valence-corrected chi connectivity index (χ4v) is 4.52. The number of benzene rings is 2. The number of fused-ring (bicyclic) bond motifs is 5. The monoisotopic (exact) mass is 394 g/mol. The Bertz CT molecular complexity index is 1410. The number of rotatable bonds is 1. The lowest BCUT2D eigenvalue weighted by atomic mass is 9.85. The molecule has 2 aliphatic rings. The Balaban J connectivity index is 1.54. The van der Waals surface area contributed by atoms with E-state index in [0.29, 0.717) is 29.0 Å². The van der Waals surface area contributed by atoms with Crippen LogP contribution in [0.4, 0.5) is 0 Å². The average Bonchev–Trinajstić information content (AvgIpc) is 3.29. The number of hydrogen-bond acceptors (Lipinski definition) is 4. The van der Waals surface area contributed by atoms with E-state index in [9.17, 15) is 9.59 Å². The van der Waals surface area contributed by atoms with Gasteiger partial charge in [-0.05, 0) is 41.5 Å². The lowest BCUT2D eigenvalue weighted by Gasteiger charge is -2.16. The van der Waals surface area contributed by atoms with Crippen molar-refractivity contribution in [2.45, 2.75) is 19.3 Å². The molecule has 0 spiro atoms. The third kappa shape index (κ3) is 2.20. The summed E-state index contributed by atoms with van der Waals surface area (Å²) in [7, 11) is 0. The quantitative estimate of drug-likeness (QED) is 0.448. The van der Waals surface area contributed by atoms with Crippen LogP contribution < -0.4 is 4.74 Å². The van der Waals surface area contributed by atoms with Crippen LogP contribution >= 0.6 is 0 Å². The van der Waals surface area contributed by atoms with Crippen molar-refractivity contribution in [3.63, 3.8) is 0 Å². The van der Waals surface area contributed by atoms with Crippen molar-refractivity contribution in [3.8, 4) is 16.9 Å². The van der Waals surface area contributed by atoms with Crippen molar-refractivity contribution in [3.05, 3.63) is 82.8 Å². The molecular formula is C25H18N2O3. The molecule has 2 aromatic heterocycles. The second-order valence-corrected chi connectivity index (χ2v) is 8.60. The molecule has 0 fully saturated rings. The van der Waals surface area contributed by atoms with Crippen LogP contribution in [0.15, 0.2) is 54.9 Å². The van der Waals surface area contributed by atoms with Crippen LogP contribution in [0.25, 0.3) is 22.0 Å². The summed E-state index contributed by atoms with van der Waals surface area (Å²) in [5.74, 6) is 0.587. The third-order valence-electron chi connectivity index (χ3n) is 6.19. The summed E-state index contributed by atoms with van der Waals surface area (Å²) in [6.07, 6.45) is 3.01. The first kappa shape index (κ1) is 17.2. The molecule has 0 bridgehead atoms. The number of ether oxygens (including phenoxy) is 1. The number of hydrogen-bond donors (Lipinski definition) is 1. The van der Waals surface area contributed by atoms with E-state index >= 15 is 0 Å². The number of nitrogens with zero attached hydrogens (tertiary/aromatic N) is 1. The van der Waals surface area contributed by atoms with Gasteiger partial charge in [-0.25, -0.2) is 0 Å². The Kier molecular flexibility index (Phi) is 3.24. The van der Waals surface area contributed by atoms with Crippen molar-refractivity contribution >= 4 is 22.5 Å². The van der Waals surface area contributed by atoms with Gasteiger partial charge in [-0.15, -0.1) is 0 Å². The highest BCUT2D eigenvalue weighted by Gasteiger charge is 2.34. The molecule has 2 aromatic carbocycles. The number of aromatic nitrogens is 2. The van der Waals surface area contributed by atoms with Crippen molar-refractivity contribution in [1.82, 2.24) is 9.97 Å². The minimum Gasteiger partial charge on any atom is -0.492 e. The maximum Gasteiger partial charge on any atom is 0.210 e. The zero-order chi connectivity index (χ0) is 20.6. The number of aromatic amines is 1. The molecule has 30 heavy (non-hydrogen) atoms. The smallest absolute Gasteiger partial charge is 0.210 e. The van der Waals surface area contributed by atoms with Gasteiger partial charge in [0.05, 0.1) is 23.4 Å². The summed E-state index contributed by atoms with van der Waals surface area (Å²) in [6, 6.07) is 13.7. The van der Waals surface area contributed by atoms with Gasteiger partial charge in [0.1, 0.15) is 5.75 Å². The van der Waals surface area contributed by atoms with E-state index in [0.717, 1.165) is 27.8 Å². The van der Waals surface area contributed by atoms with Gasteiger partial charge in [-0.3, -0.25) is 14.6 Å². The summed E-state index contributed by atoms with van der Waals surface area (Å²) in [5.41, 5.74) is 5.51. The standard InChI is InChI=1S/C25H18N2O3/c1-25(2)12-30-20-6-4-14(10-18(20)25)13-3-5-19-16(9-13)21-22(27-19)24(29)15-7-8-26-11-17(15)23(21)28/h3-11,27H,12H2,1-2H3. The number of carbonyl (C=O) groups excluding carboxylic acids is 2. The molecule has 1 aliphatic carbocycles. The summed E-state index contributed by atoms with van der Waals surface area (Å²) in [5, 5.41) is 0.756. The van der Waals surface area contributed by atoms with E-state index in [1.165, 1.54) is 18.0 Å². The summed E-state index contributed by atoms with van der Waals surface area (Å²) < 4.78 is 5.80. The van der Waals surface area contributed by atoms with Gasteiger partial charge >= 0.3 is 0 Å². The zero-order valence-corrected chi connectivity index (χ0v) is 16.6. The third-order valence-corrected chi connectivity index (χ3v) is 6.19. The van der Waals surface area contributed by atoms with E-state index < -0.39 is 0 Å². The molecule has 4 aromatic rings. The lowest BCUT2D eigenvalue weighted by Crippen LogP contribution is -2.20. The van der Waals surface area contributed by atoms with E-state index in [-0.39, 0.29) is 17.0 Å². The maximum atomic E-state index is 13.2. The molecule has 1 aliphatic heterocycles. The normalized spacial score (nSPS) is 16.2. The number of carbonyl (C=O) groups is 2. The predicted molar refractivity (Wildman–Crippen MR) is 113 cm³/mol. The van der Waals surface area contributed by atoms with Gasteiger partial charge in [0.2, 0.25) is 5.78 Å². The summed E-state index contributed by atoms with van der Waals surface area (Å²) >= 11 is 0. The van der Waals surface area contributed by atoms with E-state index in [4.69, 9.17) is 4.74 Å². The number of nitrogens with one attached hydrogen (secondary N) is 1. The fraction of sp³-hybridized carbons (Fsp3) is 0.160. The largest absolute Gasteiger partial charge is 0.492 e. The summed E-state index contributed by atoms with van der Waals surface area (Å²) in [6.45, 7) is 5.01. The number of ketones is 2. The van der Waals surface area contributed by atoms with E-state index in [1.807, 2.05) is 30.3 Å². The van der Waals surface area contributed by atoms with Gasteiger partial charge in [0, 0.05) is 39.8 Å². The maximum absolute atomic E-state index is 13.2. The molecular weight excluding hydrogens is 376 g/mol. The first-order valence-corrected chi connectivity index (χ1v) is 9.91. The van der Waals surface area contributed by atoms with Crippen molar-refractivity contribution in [2.24, 2.45) is 0 Å². The Morgan fingerprint density at radius 2 is 1.77 bits per heavy atom. The number of pyridine rings is 1. The fourth-order valence-electron chi connectivity index (χ4n) is 4.52.